The molecule has 0 fully saturated rings. The topological polar surface area (TPSA) is 71.7 Å². The Bertz CT molecular complexity index is 510. The van der Waals surface area contributed by atoms with Crippen LogP contribution in [0.5, 0.6) is 0 Å². The van der Waals surface area contributed by atoms with Gasteiger partial charge in [0.15, 0.2) is 5.84 Å². The third-order valence-electron chi connectivity index (χ3n) is 3.23. The zero-order valence-electron chi connectivity index (χ0n) is 12.3. The van der Waals surface area contributed by atoms with E-state index >= 15 is 0 Å². The maximum atomic E-state index is 8.95. The molecular formula is C15H22N4O2. The minimum absolute atomic E-state index is 0.0356. The van der Waals surface area contributed by atoms with E-state index in [0.29, 0.717) is 13.1 Å². The van der Waals surface area contributed by atoms with E-state index in [0.717, 1.165) is 24.5 Å². The quantitative estimate of drug-likeness (QED) is 0.601. The van der Waals surface area contributed by atoms with Crippen molar-refractivity contribution < 1.29 is 10.2 Å². The summed E-state index contributed by atoms with van der Waals surface area (Å²) < 4.78 is 0. The third-order valence-corrected chi connectivity index (χ3v) is 3.23. The Balaban J connectivity index is 2.00. The van der Waals surface area contributed by atoms with E-state index in [-0.39, 0.29) is 13.2 Å². The average Bonchev–Trinajstić information content (AvgIpc) is 2.94. The van der Waals surface area contributed by atoms with E-state index in [2.05, 4.69) is 29.2 Å². The van der Waals surface area contributed by atoms with Gasteiger partial charge >= 0.3 is 0 Å². The van der Waals surface area contributed by atoms with Crippen molar-refractivity contribution in [2.45, 2.75) is 13.3 Å². The number of hydrazone groups is 1. The molecular weight excluding hydrogens is 268 g/mol. The lowest BCUT2D eigenvalue weighted by Gasteiger charge is -2.16. The Morgan fingerprint density at radius 2 is 2.10 bits per heavy atom. The fourth-order valence-electron chi connectivity index (χ4n) is 2.14. The largest absolute Gasteiger partial charge is 0.395 e. The molecule has 0 bridgehead atoms. The van der Waals surface area contributed by atoms with Crippen LogP contribution in [0, 0.1) is 6.92 Å². The maximum absolute atomic E-state index is 8.95. The standard InChI is InChI=1S/C15H22N4O2/c1-13-3-2-4-14(11-13)19-6-5-15(17-19)16-12-18(7-9-20)8-10-21/h2-4,11-12,20-21H,5-10H2,1H3. The highest BCUT2D eigenvalue weighted by Crippen LogP contribution is 2.20. The van der Waals surface area contributed by atoms with Gasteiger partial charge in [-0.25, -0.2) is 4.99 Å². The summed E-state index contributed by atoms with van der Waals surface area (Å²) in [7, 11) is 0. The van der Waals surface area contributed by atoms with Gasteiger partial charge in [0.25, 0.3) is 0 Å². The Morgan fingerprint density at radius 1 is 1.33 bits per heavy atom. The Hall–Kier alpha value is -1.92. The van der Waals surface area contributed by atoms with Crippen LogP contribution < -0.4 is 5.01 Å². The first-order valence-electron chi connectivity index (χ1n) is 7.14. The molecule has 1 aliphatic heterocycles. The van der Waals surface area contributed by atoms with Gasteiger partial charge in [-0.05, 0) is 24.6 Å². The molecule has 0 unspecified atom stereocenters. The summed E-state index contributed by atoms with van der Waals surface area (Å²) in [4.78, 5) is 6.12. The Kier molecular flexibility index (Phi) is 5.71. The number of benzene rings is 1. The first-order valence-corrected chi connectivity index (χ1v) is 7.14. The van der Waals surface area contributed by atoms with Gasteiger partial charge in [0.05, 0.1) is 25.2 Å². The molecule has 0 spiro atoms. The molecule has 0 atom stereocenters. The van der Waals surface area contributed by atoms with Crippen molar-refractivity contribution in [2.75, 3.05) is 37.9 Å². The van der Waals surface area contributed by atoms with Crippen molar-refractivity contribution in [2.24, 2.45) is 10.1 Å². The van der Waals surface area contributed by atoms with E-state index in [9.17, 15) is 0 Å². The zero-order chi connectivity index (χ0) is 15.1. The van der Waals surface area contributed by atoms with Crippen molar-refractivity contribution >= 4 is 17.9 Å². The van der Waals surface area contributed by atoms with Crippen LogP contribution in [0.4, 0.5) is 5.69 Å². The average molecular weight is 290 g/mol. The molecule has 114 valence electrons. The molecule has 1 aliphatic rings. The van der Waals surface area contributed by atoms with E-state index in [1.54, 1.807) is 11.2 Å². The summed E-state index contributed by atoms with van der Waals surface area (Å²) in [6.07, 6.45) is 2.43. The van der Waals surface area contributed by atoms with Gasteiger partial charge in [-0.15, -0.1) is 0 Å². The third kappa shape index (κ3) is 4.54. The van der Waals surface area contributed by atoms with Gasteiger partial charge in [0.2, 0.25) is 0 Å². The normalized spacial score (nSPS) is 14.8. The first-order chi connectivity index (χ1) is 10.2. The fraction of sp³-hybridized carbons (Fsp3) is 0.467. The number of aliphatic hydroxyl groups excluding tert-OH is 2. The molecule has 1 aromatic rings. The molecule has 0 saturated heterocycles. The van der Waals surface area contributed by atoms with E-state index in [4.69, 9.17) is 10.2 Å². The van der Waals surface area contributed by atoms with Crippen LogP contribution in [0.15, 0.2) is 34.4 Å². The monoisotopic (exact) mass is 290 g/mol. The zero-order valence-corrected chi connectivity index (χ0v) is 12.3. The molecule has 0 amide bonds. The van der Waals surface area contributed by atoms with Crippen LogP contribution in [0.3, 0.4) is 0 Å². The number of amidine groups is 1. The van der Waals surface area contributed by atoms with Crippen LogP contribution in [0.1, 0.15) is 12.0 Å². The summed E-state index contributed by atoms with van der Waals surface area (Å²) in [5, 5.41) is 24.3. The van der Waals surface area contributed by atoms with Gasteiger partial charge in [-0.3, -0.25) is 5.01 Å². The lowest BCUT2D eigenvalue weighted by atomic mass is 10.2. The number of aliphatic imine (C=N–C) groups is 1. The van der Waals surface area contributed by atoms with Crippen LogP contribution in [-0.4, -0.2) is 60.1 Å². The lowest BCUT2D eigenvalue weighted by Crippen LogP contribution is -2.28. The molecule has 1 heterocycles. The summed E-state index contributed by atoms with van der Waals surface area (Å²) in [6.45, 7) is 3.86. The molecule has 0 aromatic heterocycles. The second kappa shape index (κ2) is 7.75. The Morgan fingerprint density at radius 3 is 2.76 bits per heavy atom. The fourth-order valence-corrected chi connectivity index (χ4v) is 2.14. The second-order valence-corrected chi connectivity index (χ2v) is 4.96. The predicted octanol–water partition coefficient (Wildman–Crippen LogP) is 0.834. The SMILES string of the molecule is Cc1cccc(N2CCC(N=CN(CCO)CCO)=N2)c1. The molecule has 1 aromatic carbocycles. The predicted molar refractivity (Wildman–Crippen MR) is 84.8 cm³/mol. The van der Waals surface area contributed by atoms with E-state index < -0.39 is 0 Å². The van der Waals surface area contributed by atoms with Crippen LogP contribution in [0.2, 0.25) is 0 Å². The molecule has 0 aliphatic carbocycles. The molecule has 2 N–H and O–H groups in total. The molecule has 6 heteroatoms. The summed E-state index contributed by atoms with van der Waals surface area (Å²) in [6, 6.07) is 8.21. The second-order valence-electron chi connectivity index (χ2n) is 4.96. The molecule has 0 saturated carbocycles. The smallest absolute Gasteiger partial charge is 0.152 e. The number of aliphatic hydroxyl groups is 2. The lowest BCUT2D eigenvalue weighted by molar-refractivity contribution is 0.215. The molecule has 0 radical (unpaired) electrons. The highest BCUT2D eigenvalue weighted by molar-refractivity contribution is 5.91. The minimum Gasteiger partial charge on any atom is -0.395 e. The van der Waals surface area contributed by atoms with Crippen molar-refractivity contribution in [1.29, 1.82) is 0 Å². The van der Waals surface area contributed by atoms with Gasteiger partial charge in [-0.2, -0.15) is 5.10 Å². The number of nitrogens with zero attached hydrogens (tertiary/aromatic N) is 4. The van der Waals surface area contributed by atoms with Crippen LogP contribution in [0.25, 0.3) is 0 Å². The first kappa shape index (κ1) is 15.5. The number of anilines is 1. The summed E-state index contributed by atoms with van der Waals surface area (Å²) in [5.41, 5.74) is 2.28. The van der Waals surface area contributed by atoms with E-state index in [1.165, 1.54) is 5.56 Å². The highest BCUT2D eigenvalue weighted by Gasteiger charge is 2.15. The van der Waals surface area contributed by atoms with Gasteiger partial charge in [0, 0.05) is 26.1 Å². The molecule has 6 nitrogen and oxygen atoms in total. The summed E-state index contributed by atoms with van der Waals surface area (Å²) >= 11 is 0. The minimum atomic E-state index is 0.0356. The Labute approximate surface area is 125 Å². The number of aryl methyl sites for hydroxylation is 1. The number of rotatable bonds is 6. The van der Waals surface area contributed by atoms with Gasteiger partial charge in [-0.1, -0.05) is 12.1 Å². The van der Waals surface area contributed by atoms with Crippen molar-refractivity contribution in [3.63, 3.8) is 0 Å². The van der Waals surface area contributed by atoms with Gasteiger partial charge in [0.1, 0.15) is 0 Å². The van der Waals surface area contributed by atoms with Crippen molar-refractivity contribution in [1.82, 2.24) is 4.90 Å². The van der Waals surface area contributed by atoms with Crippen LogP contribution in [-0.2, 0) is 0 Å². The number of hydrogen-bond acceptors (Lipinski definition) is 5. The van der Waals surface area contributed by atoms with Crippen molar-refractivity contribution in [3.8, 4) is 0 Å². The van der Waals surface area contributed by atoms with E-state index in [1.807, 2.05) is 17.1 Å². The van der Waals surface area contributed by atoms with Gasteiger partial charge < -0.3 is 15.1 Å². The summed E-state index contributed by atoms with van der Waals surface area (Å²) in [5.74, 6) is 0.761. The molecule has 2 rings (SSSR count). The highest BCUT2D eigenvalue weighted by atomic mass is 16.3. The maximum Gasteiger partial charge on any atom is 0.152 e. The number of hydrogen-bond donors (Lipinski definition) is 2. The van der Waals surface area contributed by atoms with Crippen LogP contribution >= 0.6 is 0 Å². The van der Waals surface area contributed by atoms with Crippen molar-refractivity contribution in [3.05, 3.63) is 29.8 Å². The molecule has 21 heavy (non-hydrogen) atoms.